The van der Waals surface area contributed by atoms with Crippen LogP contribution in [0.3, 0.4) is 0 Å². The predicted octanol–water partition coefficient (Wildman–Crippen LogP) is 7.06. The van der Waals surface area contributed by atoms with Crippen molar-refractivity contribution in [1.82, 2.24) is 19.7 Å². The molecule has 0 amide bonds. The zero-order valence-corrected chi connectivity index (χ0v) is 21.7. The Morgan fingerprint density at radius 1 is 1.06 bits per heavy atom. The van der Waals surface area contributed by atoms with Gasteiger partial charge in [0, 0.05) is 47.2 Å². The Hall–Kier alpha value is -2.58. The van der Waals surface area contributed by atoms with Crippen molar-refractivity contribution in [1.29, 1.82) is 0 Å². The molecule has 0 saturated carbocycles. The second kappa shape index (κ2) is 10.1. The zero-order valence-electron chi connectivity index (χ0n) is 18.5. The van der Waals surface area contributed by atoms with Crippen molar-refractivity contribution < 1.29 is 9.13 Å². The molecule has 0 bridgehead atoms. The summed E-state index contributed by atoms with van der Waals surface area (Å²) in [4.78, 5) is 8.68. The molecule has 3 heterocycles. The summed E-state index contributed by atoms with van der Waals surface area (Å²) in [6, 6.07) is 8.66. The highest BCUT2D eigenvalue weighted by molar-refractivity contribution is 9.10. The molecule has 33 heavy (non-hydrogen) atoms. The van der Waals surface area contributed by atoms with Gasteiger partial charge in [0.15, 0.2) is 0 Å². The van der Waals surface area contributed by atoms with Crippen LogP contribution in [0.4, 0.5) is 4.39 Å². The van der Waals surface area contributed by atoms with Crippen molar-refractivity contribution in [3.8, 4) is 16.9 Å². The number of nitrogens with zero attached hydrogens (tertiary/aromatic N) is 4. The Labute approximate surface area is 209 Å². The lowest BCUT2D eigenvalue weighted by Crippen LogP contribution is -2.08. The number of aryl methyl sites for hydroxylation is 2. The molecule has 3 aromatic heterocycles. The zero-order chi connectivity index (χ0) is 23.5. The van der Waals surface area contributed by atoms with Crippen molar-refractivity contribution in [2.45, 2.75) is 39.8 Å². The molecule has 1 atom stereocenters. The average molecular weight is 574 g/mol. The summed E-state index contributed by atoms with van der Waals surface area (Å²) < 4.78 is 24.2. The molecule has 0 radical (unpaired) electrons. The first kappa shape index (κ1) is 23.6. The van der Waals surface area contributed by atoms with Gasteiger partial charge in [0.1, 0.15) is 22.3 Å². The van der Waals surface area contributed by atoms with Gasteiger partial charge in [0.2, 0.25) is 0 Å². The molecule has 0 N–H and O–H groups in total. The largest absolute Gasteiger partial charge is 0.484 e. The number of rotatable bonds is 7. The fourth-order valence-electron chi connectivity index (χ4n) is 3.76. The molecule has 1 unspecified atom stereocenters. The molecule has 0 aliphatic rings. The van der Waals surface area contributed by atoms with Gasteiger partial charge in [-0.05, 0) is 93.6 Å². The number of ether oxygens (including phenoxy) is 1. The van der Waals surface area contributed by atoms with Gasteiger partial charge >= 0.3 is 0 Å². The van der Waals surface area contributed by atoms with Crippen LogP contribution >= 0.6 is 31.9 Å². The lowest BCUT2D eigenvalue weighted by Gasteiger charge is -2.21. The third kappa shape index (κ3) is 5.17. The molecule has 0 saturated heterocycles. The van der Waals surface area contributed by atoms with E-state index >= 15 is 0 Å². The van der Waals surface area contributed by atoms with E-state index in [1.165, 1.54) is 12.1 Å². The molecule has 0 spiro atoms. The van der Waals surface area contributed by atoms with E-state index in [2.05, 4.69) is 46.9 Å². The summed E-state index contributed by atoms with van der Waals surface area (Å²) in [6.45, 7) is 6.63. The molecule has 5 nitrogen and oxygen atoms in total. The van der Waals surface area contributed by atoms with Gasteiger partial charge in [-0.25, -0.2) is 4.39 Å². The highest BCUT2D eigenvalue weighted by atomic mass is 79.9. The van der Waals surface area contributed by atoms with E-state index in [9.17, 15) is 4.39 Å². The van der Waals surface area contributed by atoms with E-state index in [1.54, 1.807) is 18.5 Å². The molecule has 0 fully saturated rings. The van der Waals surface area contributed by atoms with E-state index in [0.717, 1.165) is 49.1 Å². The smallest absolute Gasteiger partial charge is 0.142 e. The van der Waals surface area contributed by atoms with Gasteiger partial charge in [-0.2, -0.15) is 5.10 Å². The van der Waals surface area contributed by atoms with E-state index in [-0.39, 0.29) is 5.82 Å². The molecular weight excluding hydrogens is 551 g/mol. The maximum absolute atomic E-state index is 14.3. The molecule has 8 heteroatoms. The fraction of sp³-hybridized carbons (Fsp3) is 0.240. The molecule has 0 aliphatic carbocycles. The quantitative estimate of drug-likeness (QED) is 0.237. The molecule has 170 valence electrons. The second-order valence-corrected chi connectivity index (χ2v) is 9.38. The van der Waals surface area contributed by atoms with Crippen LogP contribution in [0.15, 0.2) is 64.2 Å². The van der Waals surface area contributed by atoms with E-state index in [0.29, 0.717) is 12.2 Å². The van der Waals surface area contributed by atoms with E-state index in [1.807, 2.05) is 50.0 Å². The van der Waals surface area contributed by atoms with Crippen LogP contribution in [-0.2, 0) is 13.0 Å². The third-order valence-electron chi connectivity index (χ3n) is 5.48. The third-order valence-corrected chi connectivity index (χ3v) is 6.83. The number of hydrogen-bond acceptors (Lipinski definition) is 4. The van der Waals surface area contributed by atoms with Crippen LogP contribution in [0.25, 0.3) is 11.1 Å². The van der Waals surface area contributed by atoms with Gasteiger partial charge < -0.3 is 4.74 Å². The first-order chi connectivity index (χ1) is 15.9. The van der Waals surface area contributed by atoms with Gasteiger partial charge in [-0.1, -0.05) is 6.07 Å². The Balaban J connectivity index is 1.73. The Morgan fingerprint density at radius 2 is 1.88 bits per heavy atom. The molecule has 4 rings (SSSR count). The molecule has 1 aromatic carbocycles. The minimum atomic E-state index is -0.402. The number of pyridine rings is 2. The summed E-state index contributed by atoms with van der Waals surface area (Å²) in [6.07, 6.45) is 7.44. The monoisotopic (exact) mass is 572 g/mol. The number of hydrogen-bond donors (Lipinski definition) is 0. The van der Waals surface area contributed by atoms with Crippen LogP contribution in [0, 0.1) is 12.7 Å². The van der Waals surface area contributed by atoms with Crippen LogP contribution in [0.5, 0.6) is 5.75 Å². The average Bonchev–Trinajstić information content (AvgIpc) is 3.16. The van der Waals surface area contributed by atoms with Crippen LogP contribution < -0.4 is 4.74 Å². The van der Waals surface area contributed by atoms with E-state index in [4.69, 9.17) is 4.74 Å². The summed E-state index contributed by atoms with van der Waals surface area (Å²) in [5, 5.41) is 4.42. The maximum Gasteiger partial charge on any atom is 0.142 e. The van der Waals surface area contributed by atoms with Crippen molar-refractivity contribution in [2.75, 3.05) is 0 Å². The Morgan fingerprint density at radius 3 is 2.64 bits per heavy atom. The highest BCUT2D eigenvalue weighted by Crippen LogP contribution is 2.35. The van der Waals surface area contributed by atoms with Crippen LogP contribution in [0.2, 0.25) is 0 Å². The van der Waals surface area contributed by atoms with Crippen LogP contribution in [-0.4, -0.2) is 19.7 Å². The summed E-state index contributed by atoms with van der Waals surface area (Å²) in [5.41, 5.74) is 5.50. The summed E-state index contributed by atoms with van der Waals surface area (Å²) >= 11 is 7.09. The minimum absolute atomic E-state index is 0.309. The molecule has 0 aliphatic heterocycles. The van der Waals surface area contributed by atoms with Gasteiger partial charge in [0.05, 0.1) is 11.9 Å². The van der Waals surface area contributed by atoms with Gasteiger partial charge in [0.25, 0.3) is 0 Å². The summed E-state index contributed by atoms with van der Waals surface area (Å²) in [7, 11) is 0. The van der Waals surface area contributed by atoms with Crippen molar-refractivity contribution in [3.05, 3.63) is 92.4 Å². The highest BCUT2D eigenvalue weighted by Gasteiger charge is 2.19. The van der Waals surface area contributed by atoms with Crippen molar-refractivity contribution in [3.63, 3.8) is 0 Å². The summed E-state index contributed by atoms with van der Waals surface area (Å²) in [5.74, 6) is 0.341. The van der Waals surface area contributed by atoms with Crippen LogP contribution in [0.1, 0.15) is 42.3 Å². The molecule has 4 aromatic rings. The Kier molecular flexibility index (Phi) is 7.24. The van der Waals surface area contributed by atoms with Crippen molar-refractivity contribution >= 4 is 31.9 Å². The molecular formula is C25H23Br2FN4O. The van der Waals surface area contributed by atoms with Gasteiger partial charge in [-0.15, -0.1) is 0 Å². The normalized spacial score (nSPS) is 12.1. The maximum atomic E-state index is 14.3. The first-order valence-corrected chi connectivity index (χ1v) is 12.2. The number of halogens is 3. The Bertz CT molecular complexity index is 1290. The second-order valence-electron chi connectivity index (χ2n) is 7.71. The van der Waals surface area contributed by atoms with Crippen molar-refractivity contribution in [2.24, 2.45) is 0 Å². The lowest BCUT2D eigenvalue weighted by atomic mass is 9.92. The first-order valence-electron chi connectivity index (χ1n) is 10.6. The number of aromatic nitrogens is 4. The minimum Gasteiger partial charge on any atom is -0.484 e. The number of benzene rings is 1. The lowest BCUT2D eigenvalue weighted by molar-refractivity contribution is 0.224. The standard InChI is InChI=1S/C25H23Br2FN4O/c1-4-32-25(27)18(13-31-32)9-17-12-29-8-7-21(17)22-6-5-20(28)11-23(22)16(3)33-24-10-19(26)14-30-15(24)2/h5-8,10-14,16H,4,9H2,1-3H3. The SMILES string of the molecule is CCn1ncc(Cc2cnccc2-c2ccc(F)cc2C(C)Oc2cc(Br)cnc2C)c1Br. The fourth-order valence-corrected chi connectivity index (χ4v) is 4.66. The predicted molar refractivity (Wildman–Crippen MR) is 134 cm³/mol. The van der Waals surface area contributed by atoms with E-state index < -0.39 is 6.10 Å². The van der Waals surface area contributed by atoms with Gasteiger partial charge in [-0.3, -0.25) is 14.6 Å². The topological polar surface area (TPSA) is 52.8 Å².